The molecule has 0 amide bonds. The summed E-state index contributed by atoms with van der Waals surface area (Å²) in [6.45, 7) is 1.82. The number of hydrogen-bond donors (Lipinski definition) is 1. The Labute approximate surface area is 111 Å². The van der Waals surface area contributed by atoms with Gasteiger partial charge >= 0.3 is 6.18 Å². The Morgan fingerprint density at radius 3 is 2.32 bits per heavy atom. The minimum atomic E-state index is -4.06. The first-order valence-electron chi connectivity index (χ1n) is 6.65. The van der Waals surface area contributed by atoms with Crippen LogP contribution < -0.4 is 10.2 Å². The molecule has 0 spiro atoms. The Bertz CT molecular complexity index is 370. The Hall–Kier alpha value is -1.23. The van der Waals surface area contributed by atoms with Crippen molar-refractivity contribution in [3.8, 4) is 0 Å². The van der Waals surface area contributed by atoms with Crippen LogP contribution >= 0.6 is 0 Å². The standard InChI is InChI=1S/C14H19F3N2/c15-14(16,17)8-9-18-12-6-10-19(11-7-12)13-4-2-1-3-5-13/h1-5,12,18H,6-11H2. The fraction of sp³-hybridized carbons (Fsp3) is 0.571. The Morgan fingerprint density at radius 2 is 1.74 bits per heavy atom. The molecule has 0 aliphatic carbocycles. The molecule has 19 heavy (non-hydrogen) atoms. The van der Waals surface area contributed by atoms with Gasteiger partial charge in [-0.3, -0.25) is 0 Å². The number of alkyl halides is 3. The molecule has 0 atom stereocenters. The predicted octanol–water partition coefficient (Wildman–Crippen LogP) is 3.20. The number of piperidine rings is 1. The molecule has 1 fully saturated rings. The quantitative estimate of drug-likeness (QED) is 0.905. The highest BCUT2D eigenvalue weighted by Gasteiger charge is 2.27. The SMILES string of the molecule is FC(F)(F)CCNC1CCN(c2ccccc2)CC1. The summed E-state index contributed by atoms with van der Waals surface area (Å²) in [5, 5.41) is 3.00. The van der Waals surface area contributed by atoms with Crippen LogP contribution in [-0.2, 0) is 0 Å². The van der Waals surface area contributed by atoms with Gasteiger partial charge in [-0.2, -0.15) is 13.2 Å². The molecule has 0 aromatic heterocycles. The minimum Gasteiger partial charge on any atom is -0.371 e. The molecule has 0 radical (unpaired) electrons. The zero-order chi connectivity index (χ0) is 13.7. The number of hydrogen-bond acceptors (Lipinski definition) is 2. The van der Waals surface area contributed by atoms with Gasteiger partial charge < -0.3 is 10.2 Å². The van der Waals surface area contributed by atoms with Gasteiger partial charge in [-0.1, -0.05) is 18.2 Å². The van der Waals surface area contributed by atoms with Gasteiger partial charge in [0.2, 0.25) is 0 Å². The van der Waals surface area contributed by atoms with Gasteiger partial charge in [0.25, 0.3) is 0 Å². The molecule has 1 aromatic rings. The molecule has 1 aliphatic heterocycles. The zero-order valence-electron chi connectivity index (χ0n) is 10.8. The highest BCUT2D eigenvalue weighted by molar-refractivity contribution is 5.46. The van der Waals surface area contributed by atoms with E-state index in [1.54, 1.807) is 0 Å². The molecule has 2 nitrogen and oxygen atoms in total. The summed E-state index contributed by atoms with van der Waals surface area (Å²) in [6, 6.07) is 10.3. The van der Waals surface area contributed by atoms with Crippen molar-refractivity contribution in [2.75, 3.05) is 24.5 Å². The van der Waals surface area contributed by atoms with Crippen LogP contribution in [0.2, 0.25) is 0 Å². The maximum absolute atomic E-state index is 12.0. The van der Waals surface area contributed by atoms with Crippen molar-refractivity contribution in [2.24, 2.45) is 0 Å². The summed E-state index contributed by atoms with van der Waals surface area (Å²) in [5.74, 6) is 0. The van der Waals surface area contributed by atoms with Crippen molar-refractivity contribution >= 4 is 5.69 Å². The molecule has 0 saturated carbocycles. The monoisotopic (exact) mass is 272 g/mol. The van der Waals surface area contributed by atoms with Crippen molar-refractivity contribution in [2.45, 2.75) is 31.5 Å². The van der Waals surface area contributed by atoms with E-state index in [9.17, 15) is 13.2 Å². The van der Waals surface area contributed by atoms with Crippen LogP contribution in [0.5, 0.6) is 0 Å². The lowest BCUT2D eigenvalue weighted by Gasteiger charge is -2.34. The third kappa shape index (κ3) is 4.74. The second kappa shape index (κ2) is 6.28. The van der Waals surface area contributed by atoms with Crippen LogP contribution in [0.15, 0.2) is 30.3 Å². The summed E-state index contributed by atoms with van der Waals surface area (Å²) >= 11 is 0. The third-order valence-electron chi connectivity index (χ3n) is 3.46. The van der Waals surface area contributed by atoms with Crippen LogP contribution in [0.25, 0.3) is 0 Å². The summed E-state index contributed by atoms with van der Waals surface area (Å²) in [6.07, 6.45) is -3.01. The maximum atomic E-state index is 12.0. The first-order chi connectivity index (χ1) is 9.04. The van der Waals surface area contributed by atoms with Gasteiger partial charge in [-0.25, -0.2) is 0 Å². The fourth-order valence-electron chi connectivity index (χ4n) is 2.40. The second-order valence-electron chi connectivity index (χ2n) is 4.92. The summed E-state index contributed by atoms with van der Waals surface area (Å²) < 4.78 is 36.1. The number of benzene rings is 1. The second-order valence-corrected chi connectivity index (χ2v) is 4.92. The number of rotatable bonds is 4. The van der Waals surface area contributed by atoms with E-state index in [4.69, 9.17) is 0 Å². The molecule has 2 rings (SSSR count). The van der Waals surface area contributed by atoms with Crippen LogP contribution in [0.1, 0.15) is 19.3 Å². The van der Waals surface area contributed by atoms with Gasteiger partial charge in [-0.05, 0) is 25.0 Å². The molecule has 1 heterocycles. The molecule has 106 valence electrons. The van der Waals surface area contributed by atoms with E-state index in [0.29, 0.717) is 0 Å². The van der Waals surface area contributed by atoms with Gasteiger partial charge in [0, 0.05) is 31.4 Å². The highest BCUT2D eigenvalue weighted by Crippen LogP contribution is 2.21. The van der Waals surface area contributed by atoms with Crippen LogP contribution in [0.3, 0.4) is 0 Å². The Morgan fingerprint density at radius 1 is 1.11 bits per heavy atom. The lowest BCUT2D eigenvalue weighted by molar-refractivity contribution is -0.133. The van der Waals surface area contributed by atoms with Gasteiger partial charge in [-0.15, -0.1) is 0 Å². The molecule has 1 N–H and O–H groups in total. The number of para-hydroxylation sites is 1. The molecule has 0 unspecified atom stereocenters. The van der Waals surface area contributed by atoms with Crippen molar-refractivity contribution in [1.29, 1.82) is 0 Å². The summed E-state index contributed by atoms with van der Waals surface area (Å²) in [7, 11) is 0. The third-order valence-corrected chi connectivity index (χ3v) is 3.46. The van der Waals surface area contributed by atoms with Crippen molar-refractivity contribution in [1.82, 2.24) is 5.32 Å². The average molecular weight is 272 g/mol. The lowest BCUT2D eigenvalue weighted by atomic mass is 10.0. The molecule has 5 heteroatoms. The average Bonchev–Trinajstić information content (AvgIpc) is 2.39. The predicted molar refractivity (Wildman–Crippen MR) is 70.4 cm³/mol. The van der Waals surface area contributed by atoms with E-state index in [0.717, 1.165) is 25.9 Å². The van der Waals surface area contributed by atoms with Gasteiger partial charge in [0.1, 0.15) is 0 Å². The number of anilines is 1. The number of halogens is 3. The molecule has 1 aliphatic rings. The molecular weight excluding hydrogens is 253 g/mol. The van der Waals surface area contributed by atoms with Gasteiger partial charge in [0.05, 0.1) is 6.42 Å². The van der Waals surface area contributed by atoms with Crippen LogP contribution in [0, 0.1) is 0 Å². The van der Waals surface area contributed by atoms with E-state index in [2.05, 4.69) is 22.3 Å². The van der Waals surface area contributed by atoms with E-state index < -0.39 is 12.6 Å². The van der Waals surface area contributed by atoms with Crippen LogP contribution in [-0.4, -0.2) is 31.9 Å². The normalized spacial score (nSPS) is 17.7. The first-order valence-corrected chi connectivity index (χ1v) is 6.65. The maximum Gasteiger partial charge on any atom is 0.390 e. The summed E-state index contributed by atoms with van der Waals surface area (Å²) in [4.78, 5) is 2.28. The van der Waals surface area contributed by atoms with E-state index in [-0.39, 0.29) is 12.6 Å². The van der Waals surface area contributed by atoms with Crippen molar-refractivity contribution in [3.05, 3.63) is 30.3 Å². The fourth-order valence-corrected chi connectivity index (χ4v) is 2.40. The largest absolute Gasteiger partial charge is 0.390 e. The smallest absolute Gasteiger partial charge is 0.371 e. The zero-order valence-corrected chi connectivity index (χ0v) is 10.8. The van der Waals surface area contributed by atoms with E-state index in [1.165, 1.54) is 5.69 Å². The molecule has 1 saturated heterocycles. The van der Waals surface area contributed by atoms with E-state index in [1.807, 2.05) is 18.2 Å². The Kier molecular flexibility index (Phi) is 4.69. The highest BCUT2D eigenvalue weighted by atomic mass is 19.4. The molecule has 0 bridgehead atoms. The van der Waals surface area contributed by atoms with Crippen LogP contribution in [0.4, 0.5) is 18.9 Å². The Balaban J connectivity index is 1.71. The molecular formula is C14H19F3N2. The lowest BCUT2D eigenvalue weighted by Crippen LogP contribution is -2.43. The minimum absolute atomic E-state index is 0.0273. The van der Waals surface area contributed by atoms with Gasteiger partial charge in [0.15, 0.2) is 0 Å². The number of nitrogens with one attached hydrogen (secondary N) is 1. The molecule has 1 aromatic carbocycles. The topological polar surface area (TPSA) is 15.3 Å². The number of nitrogens with zero attached hydrogens (tertiary/aromatic N) is 1. The summed E-state index contributed by atoms with van der Waals surface area (Å²) in [5.41, 5.74) is 1.19. The van der Waals surface area contributed by atoms with E-state index >= 15 is 0 Å². The van der Waals surface area contributed by atoms with Crippen molar-refractivity contribution in [3.63, 3.8) is 0 Å². The first kappa shape index (κ1) is 14.2. The van der Waals surface area contributed by atoms with Crippen molar-refractivity contribution < 1.29 is 13.2 Å².